The van der Waals surface area contributed by atoms with Crippen LogP contribution in [0.15, 0.2) is 66.7 Å². The number of aromatic nitrogens is 3. The van der Waals surface area contributed by atoms with Crippen LogP contribution in [-0.4, -0.2) is 57.5 Å². The van der Waals surface area contributed by atoms with Gasteiger partial charge in [0, 0.05) is 30.1 Å². The van der Waals surface area contributed by atoms with Gasteiger partial charge in [0.05, 0.1) is 0 Å². The predicted molar refractivity (Wildman–Crippen MR) is 197 cm³/mol. The topological polar surface area (TPSA) is 138 Å². The molecule has 3 amide bonds. The second kappa shape index (κ2) is 16.6. The molecule has 1 aliphatic rings. The maximum Gasteiger partial charge on any atom is 0.461 e. The van der Waals surface area contributed by atoms with Crippen LogP contribution in [0.2, 0.25) is 0 Å². The summed E-state index contributed by atoms with van der Waals surface area (Å²) in [5, 5.41) is 13.7. The molecule has 55 heavy (non-hydrogen) atoms. The molecule has 4 N–H and O–H groups in total. The average molecular weight is 769 g/mol. The van der Waals surface area contributed by atoms with Gasteiger partial charge < -0.3 is 20.7 Å². The molecular formula is C40H45F5N6O4. The van der Waals surface area contributed by atoms with Crippen LogP contribution >= 0.6 is 0 Å². The van der Waals surface area contributed by atoms with Crippen LogP contribution in [0, 0.1) is 25.7 Å². The van der Waals surface area contributed by atoms with Crippen molar-refractivity contribution in [3.05, 3.63) is 89.2 Å². The molecule has 1 saturated carbocycles. The molecule has 1 atom stereocenters. The number of benzene rings is 3. The first-order valence-corrected chi connectivity index (χ1v) is 18.0. The SMILES string of the molecule is Cc1cccc(-c2ccc(C[C@H](NC(=O)C3CCC(CNC(=O)OC(C)(C)C)CC3)C(=O)Nc3ccc(-c4n[nH]c(C(F)(F)C(F)(F)F)n4)cc3)cc2)c1C. The molecule has 1 fully saturated rings. The third-order valence-electron chi connectivity index (χ3n) is 9.64. The van der Waals surface area contributed by atoms with Gasteiger partial charge in [0.25, 0.3) is 0 Å². The summed E-state index contributed by atoms with van der Waals surface area (Å²) >= 11 is 0. The molecule has 0 saturated heterocycles. The molecule has 3 aromatic carbocycles. The Kier molecular flexibility index (Phi) is 12.3. The van der Waals surface area contributed by atoms with Gasteiger partial charge in [-0.3, -0.25) is 14.7 Å². The molecule has 0 bridgehead atoms. The van der Waals surface area contributed by atoms with Crippen molar-refractivity contribution in [3.63, 3.8) is 0 Å². The van der Waals surface area contributed by atoms with Gasteiger partial charge in [-0.1, -0.05) is 42.5 Å². The third-order valence-corrected chi connectivity index (χ3v) is 9.64. The molecule has 0 spiro atoms. The molecule has 15 heteroatoms. The fourth-order valence-electron chi connectivity index (χ4n) is 6.39. The maximum absolute atomic E-state index is 13.8. The van der Waals surface area contributed by atoms with E-state index in [0.717, 1.165) is 27.8 Å². The average Bonchev–Trinajstić information content (AvgIpc) is 3.63. The van der Waals surface area contributed by atoms with Crippen LogP contribution in [0.4, 0.5) is 32.4 Å². The Labute approximate surface area is 316 Å². The highest BCUT2D eigenvalue weighted by Gasteiger charge is 2.61. The van der Waals surface area contributed by atoms with Crippen LogP contribution in [0.25, 0.3) is 22.5 Å². The second-order valence-electron chi connectivity index (χ2n) is 15.0. The number of hydrogen-bond acceptors (Lipinski definition) is 6. The molecule has 1 aromatic heterocycles. The van der Waals surface area contributed by atoms with Crippen molar-refractivity contribution in [3.8, 4) is 22.5 Å². The lowest BCUT2D eigenvalue weighted by Gasteiger charge is -2.29. The first-order chi connectivity index (χ1) is 25.8. The summed E-state index contributed by atoms with van der Waals surface area (Å²) in [6, 6.07) is 18.4. The zero-order valence-corrected chi connectivity index (χ0v) is 31.2. The highest BCUT2D eigenvalue weighted by Crippen LogP contribution is 2.42. The zero-order chi connectivity index (χ0) is 40.1. The van der Waals surface area contributed by atoms with Gasteiger partial charge in [-0.25, -0.2) is 9.78 Å². The summed E-state index contributed by atoms with van der Waals surface area (Å²) in [4.78, 5) is 42.8. The van der Waals surface area contributed by atoms with Crippen LogP contribution < -0.4 is 16.0 Å². The Morgan fingerprint density at radius 1 is 0.873 bits per heavy atom. The van der Waals surface area contributed by atoms with Crippen molar-refractivity contribution in [2.45, 2.75) is 90.5 Å². The third kappa shape index (κ3) is 10.5. The number of alkyl halides is 5. The van der Waals surface area contributed by atoms with Gasteiger partial charge in [-0.2, -0.15) is 27.1 Å². The molecule has 0 radical (unpaired) electrons. The number of halogens is 5. The van der Waals surface area contributed by atoms with E-state index in [1.165, 1.54) is 24.3 Å². The fourth-order valence-corrected chi connectivity index (χ4v) is 6.39. The quantitative estimate of drug-likeness (QED) is 0.113. The summed E-state index contributed by atoms with van der Waals surface area (Å²) in [6.45, 7) is 9.90. The molecule has 0 unspecified atom stereocenters. The maximum atomic E-state index is 13.8. The van der Waals surface area contributed by atoms with Gasteiger partial charge >= 0.3 is 18.2 Å². The Morgan fingerprint density at radius 2 is 1.51 bits per heavy atom. The van der Waals surface area contributed by atoms with E-state index in [9.17, 15) is 36.3 Å². The predicted octanol–water partition coefficient (Wildman–Crippen LogP) is 8.41. The van der Waals surface area contributed by atoms with Crippen LogP contribution in [-0.2, 0) is 26.7 Å². The lowest BCUT2D eigenvalue weighted by atomic mass is 9.81. The number of amides is 3. The molecule has 4 aromatic rings. The number of nitrogens with one attached hydrogen (secondary N) is 4. The molecule has 1 aliphatic carbocycles. The van der Waals surface area contributed by atoms with E-state index in [1.807, 2.05) is 49.4 Å². The van der Waals surface area contributed by atoms with Crippen molar-refractivity contribution in [1.29, 1.82) is 0 Å². The number of ether oxygens (including phenoxy) is 1. The number of rotatable bonds is 11. The first-order valence-electron chi connectivity index (χ1n) is 18.0. The standard InChI is InChI=1S/C40H45F5N6O4/c1-23-7-6-8-31(24(23)2)27-13-9-25(10-14-27)21-32(48-34(52)29-15-11-26(12-16-29)22-46-37(54)55-38(3,4)5)35(53)47-30-19-17-28(18-20-30)33-49-36(51-50-33)39(41,42)40(43,44)45/h6-10,13-14,17-20,26,29,32H,11-12,15-16,21-22H2,1-5H3,(H,46,54)(H,47,53)(H,48,52)(H,49,50,51)/t26?,29?,32-/m0/s1. The molecule has 10 nitrogen and oxygen atoms in total. The number of aryl methyl sites for hydroxylation is 1. The van der Waals surface area contributed by atoms with Gasteiger partial charge in [0.15, 0.2) is 5.82 Å². The van der Waals surface area contributed by atoms with E-state index in [1.54, 1.807) is 25.9 Å². The number of carbonyl (C=O) groups is 3. The van der Waals surface area contributed by atoms with E-state index >= 15 is 0 Å². The summed E-state index contributed by atoms with van der Waals surface area (Å²) in [6.07, 6.45) is -3.61. The van der Waals surface area contributed by atoms with E-state index in [-0.39, 0.29) is 41.2 Å². The number of H-pyrrole nitrogens is 1. The Hall–Kier alpha value is -5.34. The van der Waals surface area contributed by atoms with Crippen molar-refractivity contribution < 1.29 is 41.1 Å². The Morgan fingerprint density at radius 3 is 2.13 bits per heavy atom. The van der Waals surface area contributed by atoms with Crippen molar-refractivity contribution in [2.24, 2.45) is 11.8 Å². The minimum atomic E-state index is -5.86. The highest BCUT2D eigenvalue weighted by molar-refractivity contribution is 5.97. The summed E-state index contributed by atoms with van der Waals surface area (Å²) in [5.74, 6) is -8.18. The minimum Gasteiger partial charge on any atom is -0.444 e. The van der Waals surface area contributed by atoms with Crippen molar-refractivity contribution in [1.82, 2.24) is 25.8 Å². The molecule has 294 valence electrons. The number of carbonyl (C=O) groups excluding carboxylic acids is 3. The van der Waals surface area contributed by atoms with Crippen LogP contribution in [0.5, 0.6) is 0 Å². The summed E-state index contributed by atoms with van der Waals surface area (Å²) in [5.41, 5.74) is 5.02. The van der Waals surface area contributed by atoms with E-state index in [2.05, 4.69) is 33.0 Å². The van der Waals surface area contributed by atoms with Crippen molar-refractivity contribution >= 4 is 23.6 Å². The first kappa shape index (κ1) is 40.8. The smallest absolute Gasteiger partial charge is 0.444 e. The van der Waals surface area contributed by atoms with Gasteiger partial charge in [0.2, 0.25) is 17.6 Å². The zero-order valence-electron chi connectivity index (χ0n) is 31.2. The monoisotopic (exact) mass is 768 g/mol. The number of alkyl carbamates (subject to hydrolysis) is 1. The van der Waals surface area contributed by atoms with Gasteiger partial charge in [-0.15, -0.1) is 0 Å². The fraction of sp³-hybridized carbons (Fsp3) is 0.425. The summed E-state index contributed by atoms with van der Waals surface area (Å²) < 4.78 is 71.2. The van der Waals surface area contributed by atoms with E-state index in [0.29, 0.717) is 32.2 Å². The largest absolute Gasteiger partial charge is 0.461 e. The molecule has 5 rings (SSSR count). The van der Waals surface area contributed by atoms with E-state index in [4.69, 9.17) is 4.74 Å². The second-order valence-corrected chi connectivity index (χ2v) is 15.0. The van der Waals surface area contributed by atoms with Crippen LogP contribution in [0.3, 0.4) is 0 Å². The van der Waals surface area contributed by atoms with Gasteiger partial charge in [-0.05, 0) is 118 Å². The van der Waals surface area contributed by atoms with Crippen molar-refractivity contribution in [2.75, 3.05) is 11.9 Å². The lowest BCUT2D eigenvalue weighted by Crippen LogP contribution is -2.48. The molecular weight excluding hydrogens is 723 g/mol. The Balaban J connectivity index is 1.27. The number of hydrogen-bond donors (Lipinski definition) is 4. The molecule has 1 heterocycles. The summed E-state index contributed by atoms with van der Waals surface area (Å²) in [7, 11) is 0. The number of nitrogens with zero attached hydrogens (tertiary/aromatic N) is 2. The number of aromatic amines is 1. The highest BCUT2D eigenvalue weighted by atomic mass is 19.4. The normalized spacial score (nSPS) is 16.9. The van der Waals surface area contributed by atoms with E-state index < -0.39 is 41.6 Å². The molecule has 0 aliphatic heterocycles. The lowest BCUT2D eigenvalue weighted by molar-refractivity contribution is -0.292. The van der Waals surface area contributed by atoms with Crippen LogP contribution in [0.1, 0.15) is 69.0 Å². The van der Waals surface area contributed by atoms with Gasteiger partial charge in [0.1, 0.15) is 11.6 Å². The minimum absolute atomic E-state index is 0.129. The number of anilines is 1. The Bertz CT molecular complexity index is 1970.